The zero-order valence-corrected chi connectivity index (χ0v) is 10.0. The van der Waals surface area contributed by atoms with Crippen LogP contribution in [0.5, 0.6) is 0 Å². The van der Waals surface area contributed by atoms with Gasteiger partial charge >= 0.3 is 0 Å². The van der Waals surface area contributed by atoms with Gasteiger partial charge in [-0.05, 0) is 17.8 Å². The number of nitrogens with one attached hydrogen (secondary N) is 3. The molecule has 4 nitrogen and oxygen atoms in total. The molecule has 0 aromatic heterocycles. The van der Waals surface area contributed by atoms with Crippen LogP contribution in [0.25, 0.3) is 0 Å². The first-order valence-electron chi connectivity index (χ1n) is 3.86. The zero-order chi connectivity index (χ0) is 9.52. The normalized spacial score (nSPS) is 8.64. The number of rotatable bonds is 3. The summed E-state index contributed by atoms with van der Waals surface area (Å²) in [5.74, 6) is 5.06. The van der Waals surface area contributed by atoms with Crippen LogP contribution < -0.4 is 22.1 Å². The summed E-state index contributed by atoms with van der Waals surface area (Å²) in [5.41, 5.74) is 9.13. The minimum atomic E-state index is 0. The fourth-order valence-electron chi connectivity index (χ4n) is 0.858. The highest BCUT2D eigenvalue weighted by Gasteiger charge is 1.91. The highest BCUT2D eigenvalue weighted by Crippen LogP contribution is 1.95. The monoisotopic (exact) mass is 276 g/mol. The van der Waals surface area contributed by atoms with Crippen LogP contribution in [0.4, 0.5) is 0 Å². The Labute approximate surface area is 99.0 Å². The summed E-state index contributed by atoms with van der Waals surface area (Å²) in [6.07, 6.45) is 0. The van der Waals surface area contributed by atoms with Gasteiger partial charge in [0, 0.05) is 6.54 Å². The van der Waals surface area contributed by atoms with E-state index >= 15 is 0 Å². The summed E-state index contributed by atoms with van der Waals surface area (Å²) in [7, 11) is 0. The van der Waals surface area contributed by atoms with Crippen molar-refractivity contribution in [2.75, 3.05) is 0 Å². The lowest BCUT2D eigenvalue weighted by atomic mass is 10.2. The maximum atomic E-state index is 5.06. The third kappa shape index (κ3) is 5.13. The van der Waals surface area contributed by atoms with E-state index in [-0.39, 0.29) is 17.0 Å². The number of hydrogen-bond donors (Lipinski definition) is 4. The first-order valence-corrected chi connectivity index (χ1v) is 4.27. The van der Waals surface area contributed by atoms with Crippen molar-refractivity contribution < 1.29 is 0 Å². The van der Waals surface area contributed by atoms with Crippen molar-refractivity contribution in [3.05, 3.63) is 35.9 Å². The van der Waals surface area contributed by atoms with Crippen molar-refractivity contribution in [2.24, 2.45) is 5.84 Å². The number of thiocarbonyl (C=S) groups is 1. The van der Waals surface area contributed by atoms with Gasteiger partial charge in [0.1, 0.15) is 0 Å². The van der Waals surface area contributed by atoms with E-state index in [1.807, 2.05) is 30.3 Å². The van der Waals surface area contributed by atoms with Crippen molar-refractivity contribution in [1.82, 2.24) is 16.3 Å². The SMILES string of the molecule is Br.NNC(=S)NNCc1ccccc1. The smallest absolute Gasteiger partial charge is 0.195 e. The maximum absolute atomic E-state index is 5.06. The lowest BCUT2D eigenvalue weighted by molar-refractivity contribution is 0.644. The van der Waals surface area contributed by atoms with Crippen molar-refractivity contribution in [3.63, 3.8) is 0 Å². The molecule has 1 rings (SSSR count). The van der Waals surface area contributed by atoms with Gasteiger partial charge in [0.05, 0.1) is 0 Å². The number of hydrogen-bond acceptors (Lipinski definition) is 3. The van der Waals surface area contributed by atoms with Crippen molar-refractivity contribution >= 4 is 34.3 Å². The standard InChI is InChI=1S/C8H12N4S.BrH/c9-11-8(13)12-10-6-7-4-2-1-3-5-7;/h1-5,10H,6,9H2,(H2,11,12,13);1H. The predicted molar refractivity (Wildman–Crippen MR) is 66.7 cm³/mol. The average molecular weight is 277 g/mol. The van der Waals surface area contributed by atoms with E-state index in [0.717, 1.165) is 0 Å². The molecule has 0 atom stereocenters. The molecule has 78 valence electrons. The van der Waals surface area contributed by atoms with Crippen LogP contribution in [0, 0.1) is 0 Å². The van der Waals surface area contributed by atoms with E-state index in [2.05, 4.69) is 16.3 Å². The van der Waals surface area contributed by atoms with Gasteiger partial charge in [0.25, 0.3) is 0 Å². The second-order valence-electron chi connectivity index (χ2n) is 2.44. The number of benzene rings is 1. The molecular weight excluding hydrogens is 264 g/mol. The molecule has 6 heteroatoms. The minimum Gasteiger partial charge on any atom is -0.300 e. The van der Waals surface area contributed by atoms with Crippen molar-refractivity contribution in [2.45, 2.75) is 6.54 Å². The Bertz CT molecular complexity index is 267. The van der Waals surface area contributed by atoms with E-state index in [4.69, 9.17) is 18.1 Å². The molecule has 14 heavy (non-hydrogen) atoms. The highest BCUT2D eigenvalue weighted by atomic mass is 79.9. The topological polar surface area (TPSA) is 62.1 Å². The van der Waals surface area contributed by atoms with Gasteiger partial charge in [0.15, 0.2) is 5.11 Å². The molecule has 1 aromatic rings. The van der Waals surface area contributed by atoms with Gasteiger partial charge in [-0.1, -0.05) is 30.3 Å². The quantitative estimate of drug-likeness (QED) is 0.370. The summed E-state index contributed by atoms with van der Waals surface area (Å²) in [6.45, 7) is 0.697. The molecule has 0 aliphatic rings. The second-order valence-corrected chi connectivity index (χ2v) is 2.85. The molecule has 0 heterocycles. The van der Waals surface area contributed by atoms with Gasteiger partial charge < -0.3 is 0 Å². The Morgan fingerprint density at radius 3 is 2.50 bits per heavy atom. The fraction of sp³-hybridized carbons (Fsp3) is 0.125. The molecule has 1 aromatic carbocycles. The van der Waals surface area contributed by atoms with Crippen molar-refractivity contribution in [3.8, 4) is 0 Å². The summed E-state index contributed by atoms with van der Waals surface area (Å²) < 4.78 is 0. The van der Waals surface area contributed by atoms with Gasteiger partial charge in [-0.2, -0.15) is 0 Å². The molecule has 5 N–H and O–H groups in total. The van der Waals surface area contributed by atoms with E-state index in [0.29, 0.717) is 11.7 Å². The lowest BCUT2D eigenvalue weighted by Gasteiger charge is -2.07. The van der Waals surface area contributed by atoms with Crippen LogP contribution in [0.15, 0.2) is 30.3 Å². The maximum Gasteiger partial charge on any atom is 0.195 e. The molecule has 0 aliphatic heterocycles. The molecule has 0 aliphatic carbocycles. The second kappa shape index (κ2) is 7.69. The van der Waals surface area contributed by atoms with E-state index in [1.165, 1.54) is 5.56 Å². The zero-order valence-electron chi connectivity index (χ0n) is 7.49. The van der Waals surface area contributed by atoms with E-state index < -0.39 is 0 Å². The van der Waals surface area contributed by atoms with Gasteiger partial charge in [0.2, 0.25) is 0 Å². The Hall–Kier alpha value is -0.690. The fourth-order valence-corrected chi connectivity index (χ4v) is 0.931. The summed E-state index contributed by atoms with van der Waals surface area (Å²) in [5, 5.41) is 0.371. The third-order valence-corrected chi connectivity index (χ3v) is 1.69. The first kappa shape index (κ1) is 13.3. The summed E-state index contributed by atoms with van der Waals surface area (Å²) in [6, 6.07) is 9.98. The van der Waals surface area contributed by atoms with Crippen LogP contribution in [0.1, 0.15) is 5.56 Å². The Morgan fingerprint density at radius 1 is 1.29 bits per heavy atom. The molecule has 0 spiro atoms. The van der Waals surface area contributed by atoms with Crippen LogP contribution in [0.3, 0.4) is 0 Å². The lowest BCUT2D eigenvalue weighted by Crippen LogP contribution is -2.46. The number of nitrogens with two attached hydrogens (primary N) is 1. The van der Waals surface area contributed by atoms with Crippen molar-refractivity contribution in [1.29, 1.82) is 0 Å². The molecule has 0 amide bonds. The van der Waals surface area contributed by atoms with Crippen LogP contribution in [0.2, 0.25) is 0 Å². The van der Waals surface area contributed by atoms with Crippen LogP contribution in [-0.2, 0) is 6.54 Å². The number of halogens is 1. The highest BCUT2D eigenvalue weighted by molar-refractivity contribution is 8.93. The van der Waals surface area contributed by atoms with Crippen LogP contribution in [-0.4, -0.2) is 5.11 Å². The Kier molecular flexibility index (Phi) is 7.31. The molecule has 0 bridgehead atoms. The molecule has 0 saturated carbocycles. The Balaban J connectivity index is 0.00000169. The van der Waals surface area contributed by atoms with Crippen LogP contribution >= 0.6 is 29.2 Å². The van der Waals surface area contributed by atoms with E-state index in [1.54, 1.807) is 0 Å². The number of hydrazine groups is 2. The largest absolute Gasteiger partial charge is 0.300 e. The summed E-state index contributed by atoms with van der Waals surface area (Å²) in [4.78, 5) is 0. The predicted octanol–water partition coefficient (Wildman–Crippen LogP) is 0.607. The molecular formula is C8H13BrN4S. The van der Waals surface area contributed by atoms with Gasteiger partial charge in [-0.15, -0.1) is 17.0 Å². The first-order chi connectivity index (χ1) is 6.33. The Morgan fingerprint density at radius 2 is 1.93 bits per heavy atom. The molecule has 0 radical (unpaired) electrons. The van der Waals surface area contributed by atoms with Gasteiger partial charge in [-0.3, -0.25) is 10.9 Å². The molecule has 0 unspecified atom stereocenters. The third-order valence-electron chi connectivity index (χ3n) is 1.47. The summed E-state index contributed by atoms with van der Waals surface area (Å²) >= 11 is 4.76. The van der Waals surface area contributed by atoms with E-state index in [9.17, 15) is 0 Å². The minimum absolute atomic E-state index is 0. The molecule has 0 fully saturated rings. The molecule has 0 saturated heterocycles. The average Bonchev–Trinajstić information content (AvgIpc) is 2.19. The van der Waals surface area contributed by atoms with Gasteiger partial charge in [-0.25, -0.2) is 11.3 Å².